The first-order valence-corrected chi connectivity index (χ1v) is 10.2. The third-order valence-corrected chi connectivity index (χ3v) is 4.79. The van der Waals surface area contributed by atoms with Crippen LogP contribution in [0.1, 0.15) is 25.3 Å². The van der Waals surface area contributed by atoms with Crippen LogP contribution >= 0.6 is 35.7 Å². The maximum absolute atomic E-state index is 11.7. The van der Waals surface area contributed by atoms with Gasteiger partial charge in [-0.1, -0.05) is 37.3 Å². The van der Waals surface area contributed by atoms with Crippen molar-refractivity contribution in [1.82, 2.24) is 10.6 Å². The number of anilines is 1. The lowest BCUT2D eigenvalue weighted by Crippen LogP contribution is -2.37. The van der Waals surface area contributed by atoms with E-state index in [1.54, 1.807) is 7.05 Å². The highest BCUT2D eigenvalue weighted by atomic mass is 127. The van der Waals surface area contributed by atoms with Crippen LogP contribution in [0.3, 0.4) is 0 Å². The van der Waals surface area contributed by atoms with E-state index in [1.807, 2.05) is 49.0 Å². The molecule has 2 aromatic carbocycles. The standard InChI is InChI=1S/C21H28N4OS.HI/c1-3-8-20(26)25-18-10-7-9-17(15-18)16-24-21(22-2)23-13-14-27-19-11-5-4-6-12-19;/h4-7,9-12,15H,3,8,13-14,16H2,1-2H3,(H,25,26)(H2,22,23,24);1H. The minimum atomic E-state index is 0. The summed E-state index contributed by atoms with van der Waals surface area (Å²) in [6.07, 6.45) is 1.39. The molecule has 28 heavy (non-hydrogen) atoms. The van der Waals surface area contributed by atoms with Crippen molar-refractivity contribution in [2.24, 2.45) is 4.99 Å². The summed E-state index contributed by atoms with van der Waals surface area (Å²) in [6, 6.07) is 18.2. The molecule has 5 nitrogen and oxygen atoms in total. The summed E-state index contributed by atoms with van der Waals surface area (Å²) in [5.41, 5.74) is 1.92. The molecule has 0 spiro atoms. The lowest BCUT2D eigenvalue weighted by Gasteiger charge is -2.13. The van der Waals surface area contributed by atoms with Gasteiger partial charge in [-0.25, -0.2) is 0 Å². The third kappa shape index (κ3) is 9.45. The van der Waals surface area contributed by atoms with E-state index in [-0.39, 0.29) is 29.9 Å². The Hall–Kier alpha value is -1.74. The molecule has 0 saturated carbocycles. The predicted molar refractivity (Wildman–Crippen MR) is 131 cm³/mol. The Morgan fingerprint density at radius 3 is 2.57 bits per heavy atom. The quantitative estimate of drug-likeness (QED) is 0.152. The average molecular weight is 512 g/mol. The fraction of sp³-hybridized carbons (Fsp3) is 0.333. The van der Waals surface area contributed by atoms with Gasteiger partial charge in [0.05, 0.1) is 0 Å². The minimum absolute atomic E-state index is 0. The number of thioether (sulfide) groups is 1. The van der Waals surface area contributed by atoms with Crippen LogP contribution < -0.4 is 16.0 Å². The Kier molecular flexibility index (Phi) is 12.4. The van der Waals surface area contributed by atoms with Crippen molar-refractivity contribution in [3.63, 3.8) is 0 Å². The van der Waals surface area contributed by atoms with E-state index >= 15 is 0 Å². The first kappa shape index (κ1) is 24.3. The monoisotopic (exact) mass is 512 g/mol. The lowest BCUT2D eigenvalue weighted by molar-refractivity contribution is -0.116. The molecule has 2 rings (SSSR count). The number of carbonyl (C=O) groups excluding carboxylic acids is 1. The number of benzene rings is 2. The molecule has 2 aromatic rings. The zero-order chi connectivity index (χ0) is 19.3. The van der Waals surface area contributed by atoms with Gasteiger partial charge in [0.15, 0.2) is 5.96 Å². The number of halogens is 1. The van der Waals surface area contributed by atoms with Crippen LogP contribution in [-0.2, 0) is 11.3 Å². The second-order valence-corrected chi connectivity index (χ2v) is 7.18. The molecule has 0 aliphatic carbocycles. The van der Waals surface area contributed by atoms with Crippen molar-refractivity contribution in [3.05, 3.63) is 60.2 Å². The van der Waals surface area contributed by atoms with Crippen molar-refractivity contribution in [2.75, 3.05) is 24.7 Å². The molecule has 1 amide bonds. The minimum Gasteiger partial charge on any atom is -0.356 e. The molecular weight excluding hydrogens is 483 g/mol. The van der Waals surface area contributed by atoms with E-state index in [9.17, 15) is 4.79 Å². The fourth-order valence-corrected chi connectivity index (χ4v) is 3.26. The summed E-state index contributed by atoms with van der Waals surface area (Å²) in [4.78, 5) is 17.3. The van der Waals surface area contributed by atoms with E-state index in [0.717, 1.165) is 35.9 Å². The second-order valence-electron chi connectivity index (χ2n) is 6.01. The second kappa shape index (κ2) is 14.3. The largest absolute Gasteiger partial charge is 0.356 e. The Morgan fingerprint density at radius 2 is 1.86 bits per heavy atom. The van der Waals surface area contributed by atoms with Crippen molar-refractivity contribution < 1.29 is 4.79 Å². The van der Waals surface area contributed by atoms with E-state index in [4.69, 9.17) is 0 Å². The molecule has 7 heteroatoms. The summed E-state index contributed by atoms with van der Waals surface area (Å²) in [6.45, 7) is 3.46. The summed E-state index contributed by atoms with van der Waals surface area (Å²) >= 11 is 1.81. The van der Waals surface area contributed by atoms with Crippen LogP contribution in [0.5, 0.6) is 0 Å². The van der Waals surface area contributed by atoms with Crippen LogP contribution in [0, 0.1) is 0 Å². The number of amides is 1. The molecular formula is C21H29IN4OS. The molecule has 0 aromatic heterocycles. The van der Waals surface area contributed by atoms with Crippen LogP contribution in [0.15, 0.2) is 64.5 Å². The zero-order valence-corrected chi connectivity index (χ0v) is 19.6. The van der Waals surface area contributed by atoms with Gasteiger partial charge in [0.2, 0.25) is 5.91 Å². The Labute approximate surface area is 189 Å². The van der Waals surface area contributed by atoms with Crippen LogP contribution in [0.4, 0.5) is 5.69 Å². The molecule has 0 unspecified atom stereocenters. The van der Waals surface area contributed by atoms with Crippen molar-refractivity contribution in [3.8, 4) is 0 Å². The van der Waals surface area contributed by atoms with Crippen LogP contribution in [0.2, 0.25) is 0 Å². The smallest absolute Gasteiger partial charge is 0.224 e. The maximum Gasteiger partial charge on any atom is 0.224 e. The van der Waals surface area contributed by atoms with Crippen LogP contribution in [-0.4, -0.2) is 31.2 Å². The van der Waals surface area contributed by atoms with Gasteiger partial charge in [0.25, 0.3) is 0 Å². The van der Waals surface area contributed by atoms with Gasteiger partial charge < -0.3 is 16.0 Å². The SMILES string of the molecule is CCCC(=O)Nc1cccc(CNC(=NC)NCCSc2ccccc2)c1.I. The average Bonchev–Trinajstić information content (AvgIpc) is 2.68. The van der Waals surface area contributed by atoms with Crippen molar-refractivity contribution in [2.45, 2.75) is 31.2 Å². The summed E-state index contributed by atoms with van der Waals surface area (Å²) < 4.78 is 0. The summed E-state index contributed by atoms with van der Waals surface area (Å²) in [5.74, 6) is 1.78. The number of hydrogen-bond donors (Lipinski definition) is 3. The molecule has 0 fully saturated rings. The number of hydrogen-bond acceptors (Lipinski definition) is 3. The number of nitrogens with one attached hydrogen (secondary N) is 3. The number of aliphatic imine (C=N–C) groups is 1. The number of guanidine groups is 1. The van der Waals surface area contributed by atoms with Crippen molar-refractivity contribution >= 4 is 53.3 Å². The lowest BCUT2D eigenvalue weighted by atomic mass is 10.2. The Bertz CT molecular complexity index is 740. The first-order valence-electron chi connectivity index (χ1n) is 9.22. The van der Waals surface area contributed by atoms with Gasteiger partial charge >= 0.3 is 0 Å². The Morgan fingerprint density at radius 1 is 1.07 bits per heavy atom. The number of rotatable bonds is 9. The van der Waals surface area contributed by atoms with Crippen LogP contribution in [0.25, 0.3) is 0 Å². The Balaban J connectivity index is 0.00000392. The fourth-order valence-electron chi connectivity index (χ4n) is 2.47. The topological polar surface area (TPSA) is 65.5 Å². The number of carbonyl (C=O) groups is 1. The highest BCUT2D eigenvalue weighted by molar-refractivity contribution is 14.0. The highest BCUT2D eigenvalue weighted by Crippen LogP contribution is 2.15. The predicted octanol–water partition coefficient (Wildman–Crippen LogP) is 4.50. The van der Waals surface area contributed by atoms with E-state index in [0.29, 0.717) is 13.0 Å². The third-order valence-electron chi connectivity index (χ3n) is 3.78. The summed E-state index contributed by atoms with van der Waals surface area (Å²) in [5, 5.41) is 9.56. The maximum atomic E-state index is 11.7. The van der Waals surface area contributed by atoms with Gasteiger partial charge in [-0.15, -0.1) is 35.7 Å². The molecule has 0 radical (unpaired) electrons. The molecule has 0 atom stereocenters. The van der Waals surface area contributed by atoms with Gasteiger partial charge in [-0.2, -0.15) is 0 Å². The number of nitrogens with zero attached hydrogens (tertiary/aromatic N) is 1. The molecule has 0 aliphatic heterocycles. The molecule has 0 saturated heterocycles. The summed E-state index contributed by atoms with van der Waals surface area (Å²) in [7, 11) is 1.76. The van der Waals surface area contributed by atoms with E-state index in [2.05, 4.69) is 45.2 Å². The molecule has 0 heterocycles. The molecule has 3 N–H and O–H groups in total. The van der Waals surface area contributed by atoms with E-state index < -0.39 is 0 Å². The normalized spacial score (nSPS) is 10.7. The first-order chi connectivity index (χ1) is 13.2. The van der Waals surface area contributed by atoms with Gasteiger partial charge in [0, 0.05) is 42.9 Å². The van der Waals surface area contributed by atoms with Gasteiger partial charge in [0.1, 0.15) is 0 Å². The molecule has 152 valence electrons. The molecule has 0 bridgehead atoms. The van der Waals surface area contributed by atoms with Crippen molar-refractivity contribution in [1.29, 1.82) is 0 Å². The molecule has 0 aliphatic rings. The van der Waals surface area contributed by atoms with Gasteiger partial charge in [-0.05, 0) is 36.2 Å². The van der Waals surface area contributed by atoms with E-state index in [1.165, 1.54) is 4.90 Å². The highest BCUT2D eigenvalue weighted by Gasteiger charge is 2.03. The van der Waals surface area contributed by atoms with Gasteiger partial charge in [-0.3, -0.25) is 9.79 Å². The zero-order valence-electron chi connectivity index (χ0n) is 16.4.